The minimum absolute atomic E-state index is 0.181. The van der Waals surface area contributed by atoms with Crippen molar-refractivity contribution in [1.29, 1.82) is 0 Å². The van der Waals surface area contributed by atoms with Gasteiger partial charge in [0.15, 0.2) is 0 Å². The van der Waals surface area contributed by atoms with E-state index in [1.807, 2.05) is 0 Å². The van der Waals surface area contributed by atoms with E-state index in [0.29, 0.717) is 11.4 Å². The number of nitrogens with two attached hydrogens (primary N) is 1. The molecular formula is C16H14FN5O4S. The number of primary sulfonamides is 1. The van der Waals surface area contributed by atoms with Crippen molar-refractivity contribution in [1.82, 2.24) is 14.8 Å². The number of carbonyl (C=O) groups excluding carboxylic acids is 1. The Hall–Kier alpha value is -3.31. The lowest BCUT2D eigenvalue weighted by Crippen LogP contribution is -2.19. The Bertz CT molecular complexity index is 1050. The van der Waals surface area contributed by atoms with Gasteiger partial charge in [-0.2, -0.15) is 5.10 Å². The van der Waals surface area contributed by atoms with E-state index in [9.17, 15) is 17.6 Å². The molecule has 0 radical (unpaired) electrons. The van der Waals surface area contributed by atoms with Crippen molar-refractivity contribution in [3.8, 4) is 11.6 Å². The summed E-state index contributed by atoms with van der Waals surface area (Å²) in [7, 11) is -3.87. The van der Waals surface area contributed by atoms with Gasteiger partial charge >= 0.3 is 0 Å². The third kappa shape index (κ3) is 5.09. The van der Waals surface area contributed by atoms with Crippen LogP contribution in [-0.2, 0) is 21.4 Å². The standard InChI is InChI=1S/C16H14FN5O4S/c17-11-1-4-13(5-2-11)26-16-6-3-12(7-19-16)21-15(23)10-22-9-14(8-20-22)27(18,24)25/h1-9H,10H2,(H,21,23)(H2,18,24,25). The van der Waals surface area contributed by atoms with Gasteiger partial charge in [0.05, 0.1) is 18.1 Å². The van der Waals surface area contributed by atoms with E-state index in [1.54, 1.807) is 6.07 Å². The molecule has 0 aliphatic heterocycles. The lowest BCUT2D eigenvalue weighted by atomic mass is 10.3. The van der Waals surface area contributed by atoms with Crippen molar-refractivity contribution in [2.24, 2.45) is 5.14 Å². The van der Waals surface area contributed by atoms with Crippen molar-refractivity contribution < 1.29 is 22.3 Å². The maximum Gasteiger partial charge on any atom is 0.246 e. The molecule has 3 N–H and O–H groups in total. The van der Waals surface area contributed by atoms with E-state index < -0.39 is 15.9 Å². The van der Waals surface area contributed by atoms with Gasteiger partial charge in [-0.25, -0.2) is 22.9 Å². The van der Waals surface area contributed by atoms with Crippen molar-refractivity contribution in [2.45, 2.75) is 11.4 Å². The molecule has 0 aliphatic rings. The SMILES string of the molecule is NS(=O)(=O)c1cnn(CC(=O)Nc2ccc(Oc3ccc(F)cc3)nc2)c1. The first-order valence-corrected chi connectivity index (χ1v) is 9.09. The average molecular weight is 391 g/mol. The van der Waals surface area contributed by atoms with Crippen LogP contribution in [-0.4, -0.2) is 29.1 Å². The van der Waals surface area contributed by atoms with Gasteiger partial charge in [-0.15, -0.1) is 0 Å². The Balaban J connectivity index is 1.58. The van der Waals surface area contributed by atoms with Crippen LogP contribution in [0.25, 0.3) is 0 Å². The van der Waals surface area contributed by atoms with Crippen LogP contribution in [0.15, 0.2) is 59.9 Å². The molecule has 9 nitrogen and oxygen atoms in total. The molecule has 27 heavy (non-hydrogen) atoms. The summed E-state index contributed by atoms with van der Waals surface area (Å²) in [6.45, 7) is -0.205. The van der Waals surface area contributed by atoms with E-state index in [4.69, 9.17) is 9.88 Å². The Morgan fingerprint density at radius 2 is 1.93 bits per heavy atom. The zero-order valence-electron chi connectivity index (χ0n) is 13.7. The molecule has 3 rings (SSSR count). The second-order valence-corrected chi connectivity index (χ2v) is 6.97. The predicted octanol–water partition coefficient (Wildman–Crippen LogP) is 1.50. The first kappa shape index (κ1) is 18.5. The molecule has 2 heterocycles. The zero-order chi connectivity index (χ0) is 19.4. The molecule has 3 aromatic rings. The Kier molecular flexibility index (Phi) is 5.14. The second-order valence-electron chi connectivity index (χ2n) is 5.41. The molecule has 11 heteroatoms. The molecule has 1 amide bonds. The van der Waals surface area contributed by atoms with E-state index in [0.717, 1.165) is 17.1 Å². The molecule has 1 aromatic carbocycles. The predicted molar refractivity (Wildman–Crippen MR) is 92.9 cm³/mol. The summed E-state index contributed by atoms with van der Waals surface area (Å²) in [4.78, 5) is 15.9. The first-order valence-electron chi connectivity index (χ1n) is 7.54. The molecule has 0 saturated heterocycles. The van der Waals surface area contributed by atoms with Crippen molar-refractivity contribution in [3.63, 3.8) is 0 Å². The third-order valence-electron chi connectivity index (χ3n) is 3.30. The van der Waals surface area contributed by atoms with Crippen LogP contribution in [0.1, 0.15) is 0 Å². The molecule has 2 aromatic heterocycles. The molecular weight excluding hydrogens is 377 g/mol. The van der Waals surface area contributed by atoms with E-state index in [-0.39, 0.29) is 23.1 Å². The Morgan fingerprint density at radius 1 is 1.19 bits per heavy atom. The van der Waals surface area contributed by atoms with Gasteiger partial charge in [0, 0.05) is 12.3 Å². The fraction of sp³-hybridized carbons (Fsp3) is 0.0625. The number of hydrogen-bond donors (Lipinski definition) is 2. The van der Waals surface area contributed by atoms with Crippen molar-refractivity contribution in [2.75, 3.05) is 5.32 Å². The van der Waals surface area contributed by atoms with Crippen LogP contribution >= 0.6 is 0 Å². The van der Waals surface area contributed by atoms with Crippen molar-refractivity contribution >= 4 is 21.6 Å². The zero-order valence-corrected chi connectivity index (χ0v) is 14.6. The van der Waals surface area contributed by atoms with Crippen LogP contribution in [0.3, 0.4) is 0 Å². The molecule has 0 fully saturated rings. The highest BCUT2D eigenvalue weighted by molar-refractivity contribution is 7.89. The lowest BCUT2D eigenvalue weighted by molar-refractivity contribution is -0.116. The largest absolute Gasteiger partial charge is 0.439 e. The summed E-state index contributed by atoms with van der Waals surface area (Å²) in [5.74, 6) is -0.121. The molecule has 0 aliphatic carbocycles. The lowest BCUT2D eigenvalue weighted by Gasteiger charge is -2.07. The molecule has 0 atom stereocenters. The van der Waals surface area contributed by atoms with E-state index in [1.165, 1.54) is 36.5 Å². The highest BCUT2D eigenvalue weighted by Crippen LogP contribution is 2.20. The summed E-state index contributed by atoms with van der Waals surface area (Å²) in [5, 5.41) is 11.3. The summed E-state index contributed by atoms with van der Waals surface area (Å²) in [6, 6.07) is 8.56. The number of hydrogen-bond acceptors (Lipinski definition) is 6. The molecule has 0 saturated carbocycles. The van der Waals surface area contributed by atoms with Crippen LogP contribution < -0.4 is 15.2 Å². The number of sulfonamides is 1. The van der Waals surface area contributed by atoms with Gasteiger partial charge in [0.2, 0.25) is 21.8 Å². The third-order valence-corrected chi connectivity index (χ3v) is 4.17. The van der Waals surface area contributed by atoms with Gasteiger partial charge in [0.25, 0.3) is 0 Å². The number of nitrogens with zero attached hydrogens (tertiary/aromatic N) is 3. The highest BCUT2D eigenvalue weighted by Gasteiger charge is 2.12. The van der Waals surface area contributed by atoms with Gasteiger partial charge in [-0.3, -0.25) is 9.48 Å². The maximum atomic E-state index is 12.9. The van der Waals surface area contributed by atoms with Gasteiger partial charge in [-0.1, -0.05) is 0 Å². The number of pyridine rings is 1. The minimum Gasteiger partial charge on any atom is -0.439 e. The molecule has 0 spiro atoms. The van der Waals surface area contributed by atoms with E-state index >= 15 is 0 Å². The topological polar surface area (TPSA) is 129 Å². The number of anilines is 1. The summed E-state index contributed by atoms with van der Waals surface area (Å²) in [6.07, 6.45) is 3.61. The van der Waals surface area contributed by atoms with Gasteiger partial charge in [0.1, 0.15) is 23.0 Å². The number of ether oxygens (including phenoxy) is 1. The highest BCUT2D eigenvalue weighted by atomic mass is 32.2. The summed E-state index contributed by atoms with van der Waals surface area (Å²) < 4.78 is 41.8. The van der Waals surface area contributed by atoms with Crippen molar-refractivity contribution in [3.05, 3.63) is 60.8 Å². The number of amides is 1. The fourth-order valence-electron chi connectivity index (χ4n) is 2.06. The molecule has 0 bridgehead atoms. The quantitative estimate of drug-likeness (QED) is 0.655. The normalized spacial score (nSPS) is 11.2. The summed E-state index contributed by atoms with van der Waals surface area (Å²) >= 11 is 0. The molecule has 0 unspecified atom stereocenters. The Labute approximate surface area is 153 Å². The van der Waals surface area contributed by atoms with Crippen LogP contribution in [0, 0.1) is 5.82 Å². The van der Waals surface area contributed by atoms with Gasteiger partial charge < -0.3 is 10.1 Å². The number of halogens is 1. The number of benzene rings is 1. The molecule has 140 valence electrons. The minimum atomic E-state index is -3.87. The maximum absolute atomic E-state index is 12.9. The van der Waals surface area contributed by atoms with Gasteiger partial charge in [-0.05, 0) is 30.3 Å². The smallest absolute Gasteiger partial charge is 0.246 e. The number of nitrogens with one attached hydrogen (secondary N) is 1. The Morgan fingerprint density at radius 3 is 2.52 bits per heavy atom. The first-order chi connectivity index (χ1) is 12.8. The van der Waals surface area contributed by atoms with E-state index in [2.05, 4.69) is 15.4 Å². The second kappa shape index (κ2) is 7.51. The van der Waals surface area contributed by atoms with Crippen LogP contribution in [0.5, 0.6) is 11.6 Å². The summed E-state index contributed by atoms with van der Waals surface area (Å²) in [5.41, 5.74) is 0.408. The fourth-order valence-corrected chi connectivity index (χ4v) is 2.53. The number of rotatable bonds is 6. The monoisotopic (exact) mass is 391 g/mol. The number of carbonyl (C=O) groups is 1. The van der Waals surface area contributed by atoms with Crippen LogP contribution in [0.2, 0.25) is 0 Å². The van der Waals surface area contributed by atoms with Crippen LogP contribution in [0.4, 0.5) is 10.1 Å². The average Bonchev–Trinajstić information content (AvgIpc) is 3.07. The number of aromatic nitrogens is 3.